The number of carbonyl (C=O) groups is 1. The first-order valence-electron chi connectivity index (χ1n) is 6.71. The lowest BCUT2D eigenvalue weighted by Crippen LogP contribution is -2.27. The number of benzene rings is 1. The highest BCUT2D eigenvalue weighted by Crippen LogP contribution is 2.32. The highest BCUT2D eigenvalue weighted by Gasteiger charge is 2.20. The third-order valence-corrected chi connectivity index (χ3v) is 3.61. The second-order valence-corrected chi connectivity index (χ2v) is 4.79. The van der Waals surface area contributed by atoms with Gasteiger partial charge in [0.15, 0.2) is 0 Å². The van der Waals surface area contributed by atoms with Gasteiger partial charge in [0.1, 0.15) is 5.75 Å². The van der Waals surface area contributed by atoms with Crippen LogP contribution in [0.5, 0.6) is 5.75 Å². The molecule has 1 unspecified atom stereocenters. The van der Waals surface area contributed by atoms with E-state index in [1.807, 2.05) is 6.07 Å². The summed E-state index contributed by atoms with van der Waals surface area (Å²) in [6.07, 6.45) is 3.79. The molecule has 0 radical (unpaired) electrons. The van der Waals surface area contributed by atoms with Gasteiger partial charge >= 0.3 is 5.97 Å². The average molecular weight is 263 g/mol. The van der Waals surface area contributed by atoms with Crippen molar-refractivity contribution in [3.63, 3.8) is 0 Å². The van der Waals surface area contributed by atoms with E-state index < -0.39 is 0 Å². The fraction of sp³-hybridized carbons (Fsp3) is 0.533. The van der Waals surface area contributed by atoms with Gasteiger partial charge in [-0.05, 0) is 42.5 Å². The maximum absolute atomic E-state index is 11.1. The summed E-state index contributed by atoms with van der Waals surface area (Å²) >= 11 is 0. The second-order valence-electron chi connectivity index (χ2n) is 4.79. The third kappa shape index (κ3) is 3.47. The number of aryl methyl sites for hydroxylation is 1. The van der Waals surface area contributed by atoms with Crippen LogP contribution in [0.1, 0.15) is 36.4 Å². The summed E-state index contributed by atoms with van der Waals surface area (Å²) in [7, 11) is 3.11. The summed E-state index contributed by atoms with van der Waals surface area (Å²) in [5, 5.41) is 3.44. The first kappa shape index (κ1) is 13.9. The van der Waals surface area contributed by atoms with Gasteiger partial charge in [0, 0.05) is 12.6 Å². The molecule has 1 aliphatic carbocycles. The van der Waals surface area contributed by atoms with Crippen molar-refractivity contribution >= 4 is 5.97 Å². The molecular weight excluding hydrogens is 242 g/mol. The molecule has 1 atom stereocenters. The van der Waals surface area contributed by atoms with E-state index >= 15 is 0 Å². The van der Waals surface area contributed by atoms with E-state index in [-0.39, 0.29) is 5.97 Å². The number of nitrogens with one attached hydrogen (secondary N) is 1. The zero-order valence-corrected chi connectivity index (χ0v) is 11.6. The van der Waals surface area contributed by atoms with Crippen LogP contribution in [0.2, 0.25) is 0 Å². The maximum atomic E-state index is 11.1. The number of rotatable bonds is 5. The van der Waals surface area contributed by atoms with Gasteiger partial charge in [0.25, 0.3) is 0 Å². The maximum Gasteiger partial charge on any atom is 0.306 e. The van der Waals surface area contributed by atoms with Gasteiger partial charge in [-0.3, -0.25) is 4.79 Å². The average Bonchev–Trinajstić information content (AvgIpc) is 2.46. The van der Waals surface area contributed by atoms with Crippen molar-refractivity contribution < 1.29 is 14.3 Å². The molecule has 1 aliphatic rings. The number of hydrogen-bond acceptors (Lipinski definition) is 4. The smallest absolute Gasteiger partial charge is 0.306 e. The molecule has 4 nitrogen and oxygen atoms in total. The number of fused-ring (bicyclic) bond motifs is 1. The lowest BCUT2D eigenvalue weighted by atomic mass is 9.87. The summed E-state index contributed by atoms with van der Waals surface area (Å²) < 4.78 is 9.90. The van der Waals surface area contributed by atoms with E-state index in [1.165, 1.54) is 18.2 Å². The normalized spacial score (nSPS) is 17.7. The third-order valence-electron chi connectivity index (χ3n) is 3.61. The molecule has 0 bridgehead atoms. The molecule has 0 saturated heterocycles. The lowest BCUT2D eigenvalue weighted by Gasteiger charge is -2.26. The Morgan fingerprint density at radius 3 is 3.00 bits per heavy atom. The molecule has 1 aromatic rings. The van der Waals surface area contributed by atoms with Gasteiger partial charge in [0.05, 0.1) is 20.6 Å². The Bertz CT molecular complexity index is 445. The van der Waals surface area contributed by atoms with Gasteiger partial charge in [-0.25, -0.2) is 0 Å². The molecule has 0 aromatic heterocycles. The Morgan fingerprint density at radius 2 is 2.26 bits per heavy atom. The summed E-state index contributed by atoms with van der Waals surface area (Å²) in [6.45, 7) is 0.656. The summed E-state index contributed by atoms with van der Waals surface area (Å²) in [5.41, 5.74) is 2.68. The Morgan fingerprint density at radius 1 is 1.42 bits per heavy atom. The van der Waals surface area contributed by atoms with Crippen LogP contribution in [-0.2, 0) is 16.0 Å². The molecule has 19 heavy (non-hydrogen) atoms. The summed E-state index contributed by atoms with van der Waals surface area (Å²) in [5.74, 6) is 0.743. The molecule has 104 valence electrons. The van der Waals surface area contributed by atoms with Gasteiger partial charge in [0.2, 0.25) is 0 Å². The Labute approximate surface area is 114 Å². The summed E-state index contributed by atoms with van der Waals surface area (Å²) in [6, 6.07) is 6.57. The van der Waals surface area contributed by atoms with Crippen LogP contribution >= 0.6 is 0 Å². The minimum atomic E-state index is -0.168. The number of hydrogen-bond donors (Lipinski definition) is 1. The molecule has 0 amide bonds. The van der Waals surface area contributed by atoms with E-state index in [4.69, 9.17) is 4.74 Å². The van der Waals surface area contributed by atoms with Crippen LogP contribution in [0.15, 0.2) is 18.2 Å². The van der Waals surface area contributed by atoms with E-state index in [2.05, 4.69) is 22.2 Å². The van der Waals surface area contributed by atoms with E-state index in [0.717, 1.165) is 25.0 Å². The van der Waals surface area contributed by atoms with Crippen LogP contribution in [0.4, 0.5) is 0 Å². The van der Waals surface area contributed by atoms with Crippen LogP contribution in [0.3, 0.4) is 0 Å². The molecule has 1 N–H and O–H groups in total. The van der Waals surface area contributed by atoms with Crippen molar-refractivity contribution in [2.75, 3.05) is 20.8 Å². The first-order valence-corrected chi connectivity index (χ1v) is 6.71. The molecule has 2 rings (SSSR count). The highest BCUT2D eigenvalue weighted by molar-refractivity contribution is 5.69. The van der Waals surface area contributed by atoms with Crippen molar-refractivity contribution in [2.45, 2.75) is 31.7 Å². The number of carbonyl (C=O) groups excluding carboxylic acids is 1. The standard InChI is InChI=1S/C15H21NO3/c1-18-12-6-7-13-11(10-12)4-3-5-14(13)16-9-8-15(17)19-2/h6-7,10,14,16H,3-5,8-9H2,1-2H3. The molecule has 4 heteroatoms. The predicted molar refractivity (Wildman–Crippen MR) is 73.3 cm³/mol. The Hall–Kier alpha value is -1.55. The monoisotopic (exact) mass is 263 g/mol. The topological polar surface area (TPSA) is 47.6 Å². The van der Waals surface area contributed by atoms with Gasteiger partial charge in [-0.15, -0.1) is 0 Å². The minimum absolute atomic E-state index is 0.168. The number of esters is 1. The molecule has 0 spiro atoms. The number of ether oxygens (including phenoxy) is 2. The molecule has 0 saturated carbocycles. The second kappa shape index (κ2) is 6.57. The van der Waals surface area contributed by atoms with Crippen molar-refractivity contribution in [1.82, 2.24) is 5.32 Å². The van der Waals surface area contributed by atoms with E-state index in [1.54, 1.807) is 7.11 Å². The van der Waals surface area contributed by atoms with Crippen LogP contribution < -0.4 is 10.1 Å². The number of methoxy groups -OCH3 is 2. The van der Waals surface area contributed by atoms with Gasteiger partial charge in [-0.1, -0.05) is 6.07 Å². The highest BCUT2D eigenvalue weighted by atomic mass is 16.5. The summed E-state index contributed by atoms with van der Waals surface area (Å²) in [4.78, 5) is 11.1. The predicted octanol–water partition coefficient (Wildman–Crippen LogP) is 2.23. The fourth-order valence-electron chi connectivity index (χ4n) is 2.58. The molecule has 0 aliphatic heterocycles. The van der Waals surface area contributed by atoms with Crippen LogP contribution in [0, 0.1) is 0 Å². The van der Waals surface area contributed by atoms with Crippen molar-refractivity contribution in [3.8, 4) is 5.75 Å². The van der Waals surface area contributed by atoms with E-state index in [0.29, 0.717) is 19.0 Å². The molecule has 0 fully saturated rings. The zero-order chi connectivity index (χ0) is 13.7. The van der Waals surface area contributed by atoms with Crippen molar-refractivity contribution in [2.24, 2.45) is 0 Å². The van der Waals surface area contributed by atoms with Gasteiger partial charge in [-0.2, -0.15) is 0 Å². The SMILES string of the molecule is COC(=O)CCNC1CCCc2cc(OC)ccc21. The van der Waals surface area contributed by atoms with Crippen molar-refractivity contribution in [1.29, 1.82) is 0 Å². The minimum Gasteiger partial charge on any atom is -0.497 e. The quantitative estimate of drug-likeness (QED) is 0.828. The van der Waals surface area contributed by atoms with Crippen molar-refractivity contribution in [3.05, 3.63) is 29.3 Å². The molecule has 1 aromatic carbocycles. The molecular formula is C15H21NO3. The fourth-order valence-corrected chi connectivity index (χ4v) is 2.58. The Balaban J connectivity index is 1.99. The zero-order valence-electron chi connectivity index (χ0n) is 11.6. The first-order chi connectivity index (χ1) is 9.24. The largest absolute Gasteiger partial charge is 0.497 e. The van der Waals surface area contributed by atoms with Crippen LogP contribution in [0.25, 0.3) is 0 Å². The van der Waals surface area contributed by atoms with E-state index in [9.17, 15) is 4.79 Å². The lowest BCUT2D eigenvalue weighted by molar-refractivity contribution is -0.140. The Kier molecular flexibility index (Phi) is 4.80. The van der Waals surface area contributed by atoms with Crippen LogP contribution in [-0.4, -0.2) is 26.7 Å². The van der Waals surface area contributed by atoms with Gasteiger partial charge < -0.3 is 14.8 Å². The molecule has 0 heterocycles.